The Morgan fingerprint density at radius 1 is 1.13 bits per heavy atom. The Hall–Kier alpha value is -3.29. The van der Waals surface area contributed by atoms with E-state index < -0.39 is 0 Å². The van der Waals surface area contributed by atoms with Gasteiger partial charge in [-0.2, -0.15) is 0 Å². The molecule has 0 radical (unpaired) electrons. The summed E-state index contributed by atoms with van der Waals surface area (Å²) >= 11 is 1.61. The molecule has 2 aromatic carbocycles. The summed E-state index contributed by atoms with van der Waals surface area (Å²) in [5, 5.41) is 18.0. The van der Waals surface area contributed by atoms with Crippen LogP contribution in [0.2, 0.25) is 0 Å². The molecule has 3 N–H and O–H groups in total. The van der Waals surface area contributed by atoms with Crippen molar-refractivity contribution in [3.8, 4) is 0 Å². The second kappa shape index (κ2) is 9.02. The lowest BCUT2D eigenvalue weighted by Crippen LogP contribution is -2.14. The van der Waals surface area contributed by atoms with Crippen LogP contribution in [0.3, 0.4) is 0 Å². The summed E-state index contributed by atoms with van der Waals surface area (Å²) in [5.41, 5.74) is 4.94. The lowest BCUT2D eigenvalue weighted by Gasteiger charge is -2.12. The van der Waals surface area contributed by atoms with Crippen molar-refractivity contribution in [3.05, 3.63) is 82.5 Å². The average Bonchev–Trinajstić information content (AvgIpc) is 3.24. The Labute approximate surface area is 178 Å². The minimum atomic E-state index is -0.188. The number of thiophene rings is 1. The van der Waals surface area contributed by atoms with Gasteiger partial charge in [-0.1, -0.05) is 29.8 Å². The van der Waals surface area contributed by atoms with Crippen molar-refractivity contribution >= 4 is 39.0 Å². The molecule has 0 saturated heterocycles. The molecule has 2 aromatic heterocycles. The van der Waals surface area contributed by atoms with E-state index in [4.69, 9.17) is 0 Å². The van der Waals surface area contributed by atoms with Gasteiger partial charge in [-0.15, -0.1) is 11.3 Å². The molecular weight excluding hydrogens is 396 g/mol. The maximum atomic E-state index is 12.5. The number of amides is 1. The first-order valence-electron chi connectivity index (χ1n) is 9.67. The molecule has 0 atom stereocenters. The number of aliphatic hydroxyl groups is 1. The summed E-state index contributed by atoms with van der Waals surface area (Å²) in [6.07, 6.45) is 2.32. The quantitative estimate of drug-likeness (QED) is 0.414. The number of hydrogen-bond acceptors (Lipinski definition) is 6. The summed E-state index contributed by atoms with van der Waals surface area (Å²) in [5.74, 6) is 0.644. The fourth-order valence-electron chi connectivity index (χ4n) is 3.28. The monoisotopic (exact) mass is 418 g/mol. The Morgan fingerprint density at radius 3 is 2.87 bits per heavy atom. The molecule has 7 heteroatoms. The maximum absolute atomic E-state index is 12.5. The van der Waals surface area contributed by atoms with Gasteiger partial charge in [-0.3, -0.25) is 4.79 Å². The van der Waals surface area contributed by atoms with Crippen LogP contribution in [0.4, 0.5) is 11.5 Å². The topological polar surface area (TPSA) is 87.1 Å². The van der Waals surface area contributed by atoms with Crippen LogP contribution in [0.15, 0.2) is 60.2 Å². The van der Waals surface area contributed by atoms with Crippen molar-refractivity contribution in [1.29, 1.82) is 0 Å². The molecule has 2 heterocycles. The van der Waals surface area contributed by atoms with Gasteiger partial charge in [0.15, 0.2) is 0 Å². The van der Waals surface area contributed by atoms with Crippen LogP contribution in [0.5, 0.6) is 0 Å². The lowest BCUT2D eigenvalue weighted by atomic mass is 10.1. The van der Waals surface area contributed by atoms with Crippen molar-refractivity contribution in [2.24, 2.45) is 0 Å². The van der Waals surface area contributed by atoms with E-state index in [2.05, 4.69) is 20.6 Å². The van der Waals surface area contributed by atoms with E-state index in [1.54, 1.807) is 23.7 Å². The van der Waals surface area contributed by atoms with Crippen LogP contribution < -0.4 is 10.6 Å². The highest BCUT2D eigenvalue weighted by Gasteiger charge is 2.10. The van der Waals surface area contributed by atoms with E-state index >= 15 is 0 Å². The highest BCUT2D eigenvalue weighted by Crippen LogP contribution is 2.25. The number of aryl methyl sites for hydroxylation is 1. The van der Waals surface area contributed by atoms with Crippen LogP contribution in [-0.2, 0) is 13.0 Å². The molecule has 4 rings (SSSR count). The molecule has 0 fully saturated rings. The molecule has 0 aliphatic rings. The van der Waals surface area contributed by atoms with Crippen LogP contribution in [0.1, 0.15) is 27.0 Å². The van der Waals surface area contributed by atoms with Gasteiger partial charge in [0.05, 0.1) is 16.8 Å². The maximum Gasteiger partial charge on any atom is 0.255 e. The molecule has 152 valence electrons. The van der Waals surface area contributed by atoms with Gasteiger partial charge < -0.3 is 15.7 Å². The van der Waals surface area contributed by atoms with Crippen LogP contribution in [0, 0.1) is 6.92 Å². The first-order chi connectivity index (χ1) is 14.6. The van der Waals surface area contributed by atoms with E-state index in [0.29, 0.717) is 23.4 Å². The minimum Gasteiger partial charge on any atom is -0.392 e. The Balaban J connectivity index is 1.42. The summed E-state index contributed by atoms with van der Waals surface area (Å²) in [7, 11) is 0. The number of hydrogen-bond donors (Lipinski definition) is 3. The number of nitrogens with zero attached hydrogens (tertiary/aromatic N) is 2. The van der Waals surface area contributed by atoms with Crippen LogP contribution >= 0.6 is 11.3 Å². The number of benzene rings is 2. The first kappa shape index (κ1) is 20.0. The third kappa shape index (κ3) is 4.48. The highest BCUT2D eigenvalue weighted by molar-refractivity contribution is 7.17. The Bertz CT molecular complexity index is 1190. The zero-order chi connectivity index (χ0) is 20.9. The third-order valence-electron chi connectivity index (χ3n) is 4.82. The predicted octanol–water partition coefficient (Wildman–Crippen LogP) is 4.40. The van der Waals surface area contributed by atoms with Gasteiger partial charge in [0.2, 0.25) is 0 Å². The molecule has 0 bridgehead atoms. The smallest absolute Gasteiger partial charge is 0.255 e. The van der Waals surface area contributed by atoms with Gasteiger partial charge in [0, 0.05) is 23.4 Å². The second-order valence-corrected chi connectivity index (χ2v) is 7.92. The van der Waals surface area contributed by atoms with Crippen LogP contribution in [-0.4, -0.2) is 27.5 Å². The number of carbonyl (C=O) groups is 1. The van der Waals surface area contributed by atoms with Gasteiger partial charge in [0.1, 0.15) is 12.1 Å². The summed E-state index contributed by atoms with van der Waals surface area (Å²) in [4.78, 5) is 21.1. The molecule has 4 aromatic rings. The number of aromatic nitrogens is 2. The minimum absolute atomic E-state index is 0.146. The standard InChI is InChI=1S/C23H22N4O2S/c1-15-3-2-4-17(11-15)23(29)27-19-6-5-16(12-18(19)13-28)7-9-24-22-21-20(8-10-30-21)25-14-26-22/h2-6,8,10-12,14,28H,7,9,13H2,1H3,(H,27,29)(H,24,25,26). The van der Waals surface area contributed by atoms with E-state index in [1.807, 2.05) is 54.8 Å². The zero-order valence-corrected chi connectivity index (χ0v) is 17.4. The van der Waals surface area contributed by atoms with E-state index in [1.165, 1.54) is 0 Å². The molecule has 0 saturated carbocycles. The molecule has 0 aliphatic carbocycles. The first-order valence-corrected chi connectivity index (χ1v) is 10.5. The van der Waals surface area contributed by atoms with Crippen molar-refractivity contribution in [2.75, 3.05) is 17.2 Å². The third-order valence-corrected chi connectivity index (χ3v) is 5.73. The lowest BCUT2D eigenvalue weighted by molar-refractivity contribution is 0.102. The van der Waals surface area contributed by atoms with Gasteiger partial charge >= 0.3 is 0 Å². The number of fused-ring (bicyclic) bond motifs is 1. The zero-order valence-electron chi connectivity index (χ0n) is 16.6. The number of carbonyl (C=O) groups excluding carboxylic acids is 1. The van der Waals surface area contributed by atoms with Crippen molar-refractivity contribution in [2.45, 2.75) is 20.0 Å². The number of aliphatic hydroxyl groups excluding tert-OH is 1. The summed E-state index contributed by atoms with van der Waals surface area (Å²) in [6, 6.07) is 15.1. The predicted molar refractivity (Wildman–Crippen MR) is 121 cm³/mol. The summed E-state index contributed by atoms with van der Waals surface area (Å²) < 4.78 is 1.04. The van der Waals surface area contributed by atoms with E-state index in [9.17, 15) is 9.90 Å². The number of anilines is 2. The van der Waals surface area contributed by atoms with Crippen molar-refractivity contribution < 1.29 is 9.90 Å². The fourth-order valence-corrected chi connectivity index (χ4v) is 4.09. The molecule has 6 nitrogen and oxygen atoms in total. The normalized spacial score (nSPS) is 10.9. The van der Waals surface area contributed by atoms with Crippen LogP contribution in [0.25, 0.3) is 10.2 Å². The van der Waals surface area contributed by atoms with Crippen molar-refractivity contribution in [1.82, 2.24) is 9.97 Å². The highest BCUT2D eigenvalue weighted by atomic mass is 32.1. The van der Waals surface area contributed by atoms with E-state index in [0.717, 1.165) is 33.6 Å². The molecule has 0 unspecified atom stereocenters. The molecule has 0 aliphatic heterocycles. The SMILES string of the molecule is Cc1cccc(C(=O)Nc2ccc(CCNc3ncnc4ccsc34)cc2CO)c1. The van der Waals surface area contributed by atoms with Crippen molar-refractivity contribution in [3.63, 3.8) is 0 Å². The Morgan fingerprint density at radius 2 is 2.03 bits per heavy atom. The molecular formula is C23H22N4O2S. The average molecular weight is 419 g/mol. The number of rotatable bonds is 7. The molecule has 0 spiro atoms. The van der Waals surface area contributed by atoms with Gasteiger partial charge in [0.25, 0.3) is 5.91 Å². The molecule has 1 amide bonds. The van der Waals surface area contributed by atoms with E-state index in [-0.39, 0.29) is 12.5 Å². The van der Waals surface area contributed by atoms with Gasteiger partial charge in [-0.05, 0) is 48.6 Å². The molecule has 30 heavy (non-hydrogen) atoms. The largest absolute Gasteiger partial charge is 0.392 e. The fraction of sp³-hybridized carbons (Fsp3) is 0.174. The summed E-state index contributed by atoms with van der Waals surface area (Å²) in [6.45, 7) is 2.50. The Kier molecular flexibility index (Phi) is 6.02. The second-order valence-electron chi connectivity index (χ2n) is 7.01. The van der Waals surface area contributed by atoms with Gasteiger partial charge in [-0.25, -0.2) is 9.97 Å². The number of nitrogens with one attached hydrogen (secondary N) is 2.